The van der Waals surface area contributed by atoms with Crippen LogP contribution in [-0.2, 0) is 0 Å². The maximum Gasteiger partial charge on any atom is 0.0655 e. The summed E-state index contributed by atoms with van der Waals surface area (Å²) in [5, 5.41) is 4.96. The molecule has 0 aliphatic rings. The van der Waals surface area contributed by atoms with Crippen molar-refractivity contribution in [2.45, 2.75) is 6.04 Å². The number of aromatic nitrogens is 1. The molecular weight excluding hydrogens is 287 g/mol. The van der Waals surface area contributed by atoms with E-state index in [4.69, 9.17) is 28.9 Å². The van der Waals surface area contributed by atoms with Crippen molar-refractivity contribution in [3.63, 3.8) is 0 Å². The second kappa shape index (κ2) is 5.84. The Morgan fingerprint density at radius 2 is 1.88 bits per heavy atom. The zero-order chi connectivity index (χ0) is 10.8. The van der Waals surface area contributed by atoms with Crippen molar-refractivity contribution in [2.75, 3.05) is 0 Å². The summed E-state index contributed by atoms with van der Waals surface area (Å²) in [6.07, 6.45) is 3.10. The van der Waals surface area contributed by atoms with Crippen LogP contribution in [0.25, 0.3) is 0 Å². The fraction of sp³-hybridized carbons (Fsp3) is 0.100. The summed E-state index contributed by atoms with van der Waals surface area (Å²) in [6, 6.07) is 1.67. The molecule has 0 saturated carbocycles. The molecule has 2 nitrogen and oxygen atoms in total. The van der Waals surface area contributed by atoms with E-state index >= 15 is 0 Å². The first-order valence-electron chi connectivity index (χ1n) is 4.26. The summed E-state index contributed by atoms with van der Waals surface area (Å²) in [5.74, 6) is 0. The van der Waals surface area contributed by atoms with Gasteiger partial charge in [0.05, 0.1) is 16.1 Å². The van der Waals surface area contributed by atoms with E-state index in [2.05, 4.69) is 4.98 Å². The summed E-state index contributed by atoms with van der Waals surface area (Å²) in [4.78, 5) is 3.89. The topological polar surface area (TPSA) is 38.9 Å². The highest BCUT2D eigenvalue weighted by Gasteiger charge is 2.16. The smallest absolute Gasteiger partial charge is 0.0655 e. The molecule has 2 aromatic rings. The SMILES string of the molecule is Cl.N[C@@H](c1ccsc1)c1c(Cl)cncc1Cl. The molecule has 16 heavy (non-hydrogen) atoms. The van der Waals surface area contributed by atoms with Gasteiger partial charge < -0.3 is 5.73 Å². The van der Waals surface area contributed by atoms with Gasteiger partial charge in [-0.1, -0.05) is 23.2 Å². The lowest BCUT2D eigenvalue weighted by Crippen LogP contribution is -2.12. The van der Waals surface area contributed by atoms with Crippen molar-refractivity contribution in [1.29, 1.82) is 0 Å². The quantitative estimate of drug-likeness (QED) is 0.912. The van der Waals surface area contributed by atoms with Crippen LogP contribution in [0.4, 0.5) is 0 Å². The Morgan fingerprint density at radius 3 is 2.38 bits per heavy atom. The number of nitrogens with zero attached hydrogens (tertiary/aromatic N) is 1. The zero-order valence-electron chi connectivity index (χ0n) is 8.06. The van der Waals surface area contributed by atoms with E-state index in [0.29, 0.717) is 10.0 Å². The number of thiophene rings is 1. The number of rotatable bonds is 2. The number of pyridine rings is 1. The Morgan fingerprint density at radius 1 is 1.25 bits per heavy atom. The third kappa shape index (κ3) is 2.67. The molecule has 1 atom stereocenters. The maximum atomic E-state index is 6.07. The lowest BCUT2D eigenvalue weighted by Gasteiger charge is -2.13. The zero-order valence-corrected chi connectivity index (χ0v) is 11.2. The van der Waals surface area contributed by atoms with E-state index in [9.17, 15) is 0 Å². The molecule has 0 fully saturated rings. The molecule has 2 N–H and O–H groups in total. The average Bonchev–Trinajstić information content (AvgIpc) is 2.69. The second-order valence-corrected chi connectivity index (χ2v) is 4.65. The molecule has 2 aromatic heterocycles. The molecule has 2 heterocycles. The van der Waals surface area contributed by atoms with Crippen LogP contribution >= 0.6 is 46.9 Å². The van der Waals surface area contributed by atoms with Crippen LogP contribution in [0, 0.1) is 0 Å². The highest BCUT2D eigenvalue weighted by atomic mass is 35.5. The van der Waals surface area contributed by atoms with E-state index in [1.165, 1.54) is 0 Å². The summed E-state index contributed by atoms with van der Waals surface area (Å²) in [7, 11) is 0. The van der Waals surface area contributed by atoms with Crippen LogP contribution in [0.15, 0.2) is 29.2 Å². The fourth-order valence-electron chi connectivity index (χ4n) is 1.34. The van der Waals surface area contributed by atoms with E-state index in [1.807, 2.05) is 16.8 Å². The van der Waals surface area contributed by atoms with Gasteiger partial charge in [-0.25, -0.2) is 0 Å². The van der Waals surface area contributed by atoms with Gasteiger partial charge in [0.1, 0.15) is 0 Å². The van der Waals surface area contributed by atoms with Crippen LogP contribution in [0.1, 0.15) is 17.2 Å². The summed E-state index contributed by atoms with van der Waals surface area (Å²) >= 11 is 13.6. The minimum atomic E-state index is -0.292. The van der Waals surface area contributed by atoms with Crippen LogP contribution in [0.5, 0.6) is 0 Å². The predicted molar refractivity (Wildman–Crippen MR) is 71.9 cm³/mol. The van der Waals surface area contributed by atoms with Crippen molar-refractivity contribution in [3.8, 4) is 0 Å². The Hall–Kier alpha value is -0.320. The first-order valence-corrected chi connectivity index (χ1v) is 5.96. The van der Waals surface area contributed by atoms with Crippen molar-refractivity contribution in [1.82, 2.24) is 4.98 Å². The van der Waals surface area contributed by atoms with E-state index in [-0.39, 0.29) is 18.4 Å². The first-order chi connectivity index (χ1) is 7.20. The van der Waals surface area contributed by atoms with Crippen molar-refractivity contribution in [2.24, 2.45) is 5.73 Å². The summed E-state index contributed by atoms with van der Waals surface area (Å²) in [5.41, 5.74) is 7.81. The highest BCUT2D eigenvalue weighted by molar-refractivity contribution is 7.08. The molecule has 0 spiro atoms. The standard InChI is InChI=1S/C10H8Cl2N2S.ClH/c11-7-3-14-4-8(12)9(7)10(13)6-1-2-15-5-6;/h1-5,10H,13H2;1H/t10-;/m0./s1. The van der Waals surface area contributed by atoms with Crippen LogP contribution in [0.2, 0.25) is 10.0 Å². The van der Waals surface area contributed by atoms with Gasteiger partial charge in [-0.05, 0) is 22.4 Å². The van der Waals surface area contributed by atoms with Crippen LogP contribution in [-0.4, -0.2) is 4.98 Å². The van der Waals surface area contributed by atoms with Gasteiger partial charge in [0.2, 0.25) is 0 Å². The predicted octanol–water partition coefficient (Wildman–Crippen LogP) is 3.92. The summed E-state index contributed by atoms with van der Waals surface area (Å²) in [6.45, 7) is 0. The molecule has 86 valence electrons. The van der Waals surface area contributed by atoms with Gasteiger partial charge in [-0.15, -0.1) is 12.4 Å². The van der Waals surface area contributed by atoms with Gasteiger partial charge in [0.25, 0.3) is 0 Å². The molecule has 2 rings (SSSR count). The minimum Gasteiger partial charge on any atom is -0.320 e. The van der Waals surface area contributed by atoms with Gasteiger partial charge in [0, 0.05) is 18.0 Å². The van der Waals surface area contributed by atoms with Crippen molar-refractivity contribution >= 4 is 46.9 Å². The average molecular weight is 296 g/mol. The number of hydrogen-bond acceptors (Lipinski definition) is 3. The number of nitrogens with two attached hydrogens (primary N) is 1. The van der Waals surface area contributed by atoms with Gasteiger partial charge in [0.15, 0.2) is 0 Å². The molecule has 0 aromatic carbocycles. The largest absolute Gasteiger partial charge is 0.320 e. The van der Waals surface area contributed by atoms with Crippen molar-refractivity contribution < 1.29 is 0 Å². The summed E-state index contributed by atoms with van der Waals surface area (Å²) < 4.78 is 0. The fourth-order valence-corrected chi connectivity index (χ4v) is 2.63. The minimum absolute atomic E-state index is 0. The van der Waals surface area contributed by atoms with E-state index in [1.54, 1.807) is 23.7 Å². The Labute approximate surface area is 114 Å². The third-order valence-electron chi connectivity index (χ3n) is 2.10. The van der Waals surface area contributed by atoms with E-state index in [0.717, 1.165) is 11.1 Å². The monoisotopic (exact) mass is 294 g/mol. The van der Waals surface area contributed by atoms with Gasteiger partial charge >= 0.3 is 0 Å². The molecule has 0 aliphatic heterocycles. The molecule has 0 aliphatic carbocycles. The Balaban J connectivity index is 0.00000128. The number of hydrogen-bond donors (Lipinski definition) is 1. The van der Waals surface area contributed by atoms with Gasteiger partial charge in [-0.3, -0.25) is 4.98 Å². The molecule has 0 bridgehead atoms. The molecule has 0 saturated heterocycles. The molecule has 6 heteroatoms. The highest BCUT2D eigenvalue weighted by Crippen LogP contribution is 2.32. The van der Waals surface area contributed by atoms with Gasteiger partial charge in [-0.2, -0.15) is 11.3 Å². The molecule has 0 unspecified atom stereocenters. The maximum absolute atomic E-state index is 6.07. The van der Waals surface area contributed by atoms with Crippen molar-refractivity contribution in [3.05, 3.63) is 50.4 Å². The number of halogens is 3. The normalized spacial score (nSPS) is 11.9. The lowest BCUT2D eigenvalue weighted by molar-refractivity contribution is 0.873. The molecular formula is C10H9Cl3N2S. The third-order valence-corrected chi connectivity index (χ3v) is 3.41. The molecule has 0 amide bonds. The Bertz CT molecular complexity index is 439. The Kier molecular flexibility index (Phi) is 5.02. The lowest BCUT2D eigenvalue weighted by atomic mass is 10.0. The first kappa shape index (κ1) is 13.7. The molecule has 0 radical (unpaired) electrons. The van der Waals surface area contributed by atoms with Crippen LogP contribution in [0.3, 0.4) is 0 Å². The second-order valence-electron chi connectivity index (χ2n) is 3.05. The van der Waals surface area contributed by atoms with E-state index < -0.39 is 0 Å². The van der Waals surface area contributed by atoms with Crippen LogP contribution < -0.4 is 5.73 Å².